The Bertz CT molecular complexity index is 787. The Kier molecular flexibility index (Phi) is 8.84. The minimum Gasteiger partial charge on any atom is -0.370 e. The van der Waals surface area contributed by atoms with E-state index in [1.807, 2.05) is 4.90 Å². The average Bonchev–Trinajstić information content (AvgIpc) is 2.45. The van der Waals surface area contributed by atoms with E-state index in [1.165, 1.54) is 6.07 Å². The first kappa shape index (κ1) is 24.5. The molecule has 2 rings (SSSR count). The summed E-state index contributed by atoms with van der Waals surface area (Å²) in [5.41, 5.74) is 17.7. The van der Waals surface area contributed by atoms with Gasteiger partial charge in [0, 0.05) is 31.0 Å². The highest BCUT2D eigenvalue weighted by molar-refractivity contribution is 7.90. The minimum atomic E-state index is -3.53. The zero-order valence-electron chi connectivity index (χ0n) is 14.6. The summed E-state index contributed by atoms with van der Waals surface area (Å²) in [6.45, 7) is 3.06. The van der Waals surface area contributed by atoms with Crippen molar-refractivity contribution in [3.05, 3.63) is 23.3 Å². The smallest absolute Gasteiger partial charge is 0.280 e. The van der Waals surface area contributed by atoms with Gasteiger partial charge in [-0.1, -0.05) is 0 Å². The third-order valence-electron chi connectivity index (χ3n) is 4.05. The zero-order chi connectivity index (χ0) is 18.1. The Balaban J connectivity index is 0.00000312. The molecule has 0 radical (unpaired) electrons. The molecule has 1 heterocycles. The fraction of sp³-hybridized carbons (Fsp3) is 0.467. The van der Waals surface area contributed by atoms with Gasteiger partial charge in [0.15, 0.2) is 15.8 Å². The number of nitrogens with zero attached hydrogens (tertiary/aromatic N) is 2. The van der Waals surface area contributed by atoms with Crippen LogP contribution in [-0.4, -0.2) is 45.7 Å². The van der Waals surface area contributed by atoms with Gasteiger partial charge < -0.3 is 22.1 Å². The van der Waals surface area contributed by atoms with Crippen LogP contribution in [-0.2, 0) is 9.84 Å². The van der Waals surface area contributed by atoms with Gasteiger partial charge in [0.25, 0.3) is 5.91 Å². The number of hydrogen-bond acceptors (Lipinski definition) is 5. The molecule has 1 fully saturated rings. The van der Waals surface area contributed by atoms with Gasteiger partial charge in [0.1, 0.15) is 0 Å². The van der Waals surface area contributed by atoms with Gasteiger partial charge in [0.05, 0.1) is 10.6 Å². The van der Waals surface area contributed by atoms with Crippen molar-refractivity contribution in [2.45, 2.75) is 30.7 Å². The number of hydrogen-bond donors (Lipinski definition) is 3. The second-order valence-electron chi connectivity index (χ2n) is 6.07. The predicted molar refractivity (Wildman–Crippen MR) is 108 cm³/mol. The number of piperidine rings is 1. The van der Waals surface area contributed by atoms with E-state index in [9.17, 15) is 13.2 Å². The summed E-state index contributed by atoms with van der Waals surface area (Å²) < 4.78 is 24.4. The molecular weight excluding hydrogens is 401 g/mol. The van der Waals surface area contributed by atoms with E-state index >= 15 is 0 Å². The molecule has 1 aromatic carbocycles. The number of anilines is 1. The molecule has 0 saturated carbocycles. The number of guanidine groups is 1. The Hall–Kier alpha value is -1.55. The highest BCUT2D eigenvalue weighted by Gasteiger charge is 2.25. The Morgan fingerprint density at radius 3 is 2.19 bits per heavy atom. The van der Waals surface area contributed by atoms with Gasteiger partial charge in [-0.05, 0) is 37.5 Å². The lowest BCUT2D eigenvalue weighted by molar-refractivity contribution is 0.100. The molecule has 1 saturated heterocycles. The van der Waals surface area contributed by atoms with Crippen LogP contribution < -0.4 is 22.1 Å². The van der Waals surface area contributed by atoms with Crippen molar-refractivity contribution < 1.29 is 13.2 Å². The van der Waals surface area contributed by atoms with Crippen molar-refractivity contribution >= 4 is 52.2 Å². The minimum absolute atomic E-state index is 0. The first-order valence-electron chi connectivity index (χ1n) is 7.58. The van der Waals surface area contributed by atoms with Crippen LogP contribution in [0.15, 0.2) is 22.0 Å². The second-order valence-corrected chi connectivity index (χ2v) is 8.06. The van der Waals surface area contributed by atoms with E-state index < -0.39 is 15.7 Å². The number of amides is 1. The number of aliphatic imine (C=N–C) groups is 1. The van der Waals surface area contributed by atoms with E-state index in [4.69, 9.17) is 17.2 Å². The zero-order valence-corrected chi connectivity index (χ0v) is 17.1. The number of sulfone groups is 1. The standard InChI is InChI=1S/C15H23N5O3S.2ClH/c1-9-7-12(20-5-3-10(16)4-6-20)13(24(2,22)23)8-11(9)14(21)19-15(17)18;;/h7-8,10H,3-6,16H2,1-2H3,(H4,17,18,19,21);2*1H. The molecule has 11 heteroatoms. The van der Waals surface area contributed by atoms with Crippen LogP contribution in [0.4, 0.5) is 5.69 Å². The van der Waals surface area contributed by atoms with Gasteiger partial charge in [-0.2, -0.15) is 4.99 Å². The topological polar surface area (TPSA) is 145 Å². The molecule has 26 heavy (non-hydrogen) atoms. The summed E-state index contributed by atoms with van der Waals surface area (Å²) in [7, 11) is -3.53. The highest BCUT2D eigenvalue weighted by Crippen LogP contribution is 2.31. The molecule has 0 bridgehead atoms. The van der Waals surface area contributed by atoms with Crippen LogP contribution >= 0.6 is 24.8 Å². The molecule has 148 valence electrons. The molecule has 0 spiro atoms. The quantitative estimate of drug-likeness (QED) is 0.474. The predicted octanol–water partition coefficient (Wildman–Crippen LogP) is 0.583. The lowest BCUT2D eigenvalue weighted by Gasteiger charge is -2.33. The van der Waals surface area contributed by atoms with Crippen LogP contribution in [0.5, 0.6) is 0 Å². The summed E-state index contributed by atoms with van der Waals surface area (Å²) in [6, 6.07) is 3.18. The molecule has 1 aliphatic rings. The molecule has 0 aliphatic carbocycles. The van der Waals surface area contributed by atoms with E-state index in [0.717, 1.165) is 19.1 Å². The largest absolute Gasteiger partial charge is 0.370 e. The van der Waals surface area contributed by atoms with Gasteiger partial charge in [-0.25, -0.2) is 8.42 Å². The maximum atomic E-state index is 12.2. The van der Waals surface area contributed by atoms with Gasteiger partial charge in [0.2, 0.25) is 0 Å². The molecule has 1 aliphatic heterocycles. The summed E-state index contributed by atoms with van der Waals surface area (Å²) >= 11 is 0. The number of aryl methyl sites for hydroxylation is 1. The highest BCUT2D eigenvalue weighted by atomic mass is 35.5. The molecule has 8 nitrogen and oxygen atoms in total. The van der Waals surface area contributed by atoms with Crippen LogP contribution in [0.3, 0.4) is 0 Å². The molecule has 1 amide bonds. The normalized spacial score (nSPS) is 14.8. The van der Waals surface area contributed by atoms with E-state index in [2.05, 4.69) is 4.99 Å². The molecule has 1 aromatic rings. The van der Waals surface area contributed by atoms with Crippen molar-refractivity contribution in [3.8, 4) is 0 Å². The molecule has 0 unspecified atom stereocenters. The second kappa shape index (κ2) is 9.40. The maximum absolute atomic E-state index is 12.2. The number of carbonyl (C=O) groups excluding carboxylic acids is 1. The van der Waals surface area contributed by atoms with Gasteiger partial charge >= 0.3 is 0 Å². The summed E-state index contributed by atoms with van der Waals surface area (Å²) in [6.07, 6.45) is 2.69. The Labute approximate surface area is 165 Å². The number of carbonyl (C=O) groups is 1. The monoisotopic (exact) mass is 425 g/mol. The van der Waals surface area contributed by atoms with Crippen LogP contribution in [0.25, 0.3) is 0 Å². The first-order chi connectivity index (χ1) is 11.1. The number of nitrogens with two attached hydrogens (primary N) is 3. The number of halogens is 2. The average molecular weight is 426 g/mol. The number of rotatable bonds is 3. The SMILES string of the molecule is Cc1cc(N2CCC(N)CC2)c(S(C)(=O)=O)cc1C(=O)N=C(N)N.Cl.Cl. The molecular formula is C15H25Cl2N5O3S. The third kappa shape index (κ3) is 5.73. The van der Waals surface area contributed by atoms with Crippen molar-refractivity contribution in [1.29, 1.82) is 0 Å². The summed E-state index contributed by atoms with van der Waals surface area (Å²) in [5, 5.41) is 0. The maximum Gasteiger partial charge on any atom is 0.280 e. The van der Waals surface area contributed by atoms with Gasteiger partial charge in [-0.15, -0.1) is 24.8 Å². The van der Waals surface area contributed by atoms with Crippen LogP contribution in [0.1, 0.15) is 28.8 Å². The summed E-state index contributed by atoms with van der Waals surface area (Å²) in [5.74, 6) is -1.03. The fourth-order valence-corrected chi connectivity index (χ4v) is 3.67. The number of benzene rings is 1. The molecule has 6 N–H and O–H groups in total. The summed E-state index contributed by atoms with van der Waals surface area (Å²) in [4.78, 5) is 17.7. The van der Waals surface area contributed by atoms with E-state index in [-0.39, 0.29) is 47.3 Å². The van der Waals surface area contributed by atoms with Gasteiger partial charge in [-0.3, -0.25) is 4.79 Å². The Morgan fingerprint density at radius 2 is 1.73 bits per heavy atom. The lowest BCUT2D eigenvalue weighted by Crippen LogP contribution is -2.40. The third-order valence-corrected chi connectivity index (χ3v) is 5.17. The first-order valence-corrected chi connectivity index (χ1v) is 9.48. The van der Waals surface area contributed by atoms with Crippen LogP contribution in [0, 0.1) is 6.92 Å². The molecule has 0 atom stereocenters. The molecule has 0 aromatic heterocycles. The van der Waals surface area contributed by atoms with Crippen LogP contribution in [0.2, 0.25) is 0 Å². The van der Waals surface area contributed by atoms with Crippen molar-refractivity contribution in [2.75, 3.05) is 24.2 Å². The van der Waals surface area contributed by atoms with Crippen molar-refractivity contribution in [2.24, 2.45) is 22.2 Å². The van der Waals surface area contributed by atoms with E-state index in [0.29, 0.717) is 24.3 Å². The lowest BCUT2D eigenvalue weighted by atomic mass is 10.0. The van der Waals surface area contributed by atoms with Crippen molar-refractivity contribution in [3.63, 3.8) is 0 Å². The Morgan fingerprint density at radius 1 is 1.19 bits per heavy atom. The van der Waals surface area contributed by atoms with Crippen molar-refractivity contribution in [1.82, 2.24) is 0 Å². The van der Waals surface area contributed by atoms with E-state index in [1.54, 1.807) is 13.0 Å². The fourth-order valence-electron chi connectivity index (χ4n) is 2.77.